The Labute approximate surface area is 102 Å². The van der Waals surface area contributed by atoms with Crippen LogP contribution >= 0.6 is 0 Å². The lowest BCUT2D eigenvalue weighted by Crippen LogP contribution is -2.41. The molecule has 0 radical (unpaired) electrons. The molecule has 0 aliphatic heterocycles. The fourth-order valence-electron chi connectivity index (χ4n) is 1.32. The van der Waals surface area contributed by atoms with Gasteiger partial charge in [-0.2, -0.15) is 5.26 Å². The number of hydrogen-bond acceptors (Lipinski definition) is 4. The summed E-state index contributed by atoms with van der Waals surface area (Å²) >= 11 is 0. The Hall–Kier alpha value is -1.61. The van der Waals surface area contributed by atoms with Crippen LogP contribution in [0.3, 0.4) is 0 Å². The van der Waals surface area contributed by atoms with E-state index in [0.717, 1.165) is 26.1 Å². The van der Waals surface area contributed by atoms with Gasteiger partial charge in [-0.3, -0.25) is 9.59 Å². The van der Waals surface area contributed by atoms with E-state index in [-0.39, 0.29) is 6.54 Å². The summed E-state index contributed by atoms with van der Waals surface area (Å²) in [6, 6.07) is 1.73. The van der Waals surface area contributed by atoms with Crippen molar-refractivity contribution in [3.63, 3.8) is 0 Å². The number of carbonyl (C=O) groups is 2. The normalized spacial score (nSPS) is 9.76. The van der Waals surface area contributed by atoms with Crippen LogP contribution in [0, 0.1) is 11.3 Å². The second-order valence-electron chi connectivity index (χ2n) is 3.48. The number of carbonyl (C=O) groups excluding carboxylic acids is 2. The molecular formula is C11H20N4O2. The van der Waals surface area contributed by atoms with E-state index in [0.29, 0.717) is 6.54 Å². The average Bonchev–Trinajstić information content (AvgIpc) is 2.35. The van der Waals surface area contributed by atoms with Crippen molar-refractivity contribution in [2.45, 2.75) is 20.3 Å². The van der Waals surface area contributed by atoms with Crippen LogP contribution in [-0.4, -0.2) is 49.4 Å². The van der Waals surface area contributed by atoms with Gasteiger partial charge in [0.1, 0.15) is 6.54 Å². The summed E-state index contributed by atoms with van der Waals surface area (Å²) in [6.07, 6.45) is 0.805. The molecule has 0 rings (SSSR count). The predicted octanol–water partition coefficient (Wildman–Crippen LogP) is -0.526. The van der Waals surface area contributed by atoms with Gasteiger partial charge < -0.3 is 15.5 Å². The first kappa shape index (κ1) is 15.4. The van der Waals surface area contributed by atoms with Gasteiger partial charge in [0.2, 0.25) is 0 Å². The number of nitrogens with zero attached hydrogens (tertiary/aromatic N) is 2. The highest BCUT2D eigenvalue weighted by Gasteiger charge is 2.11. The monoisotopic (exact) mass is 240 g/mol. The van der Waals surface area contributed by atoms with E-state index < -0.39 is 11.8 Å². The van der Waals surface area contributed by atoms with Crippen LogP contribution < -0.4 is 10.6 Å². The molecule has 0 aromatic carbocycles. The van der Waals surface area contributed by atoms with Crippen LogP contribution in [0.25, 0.3) is 0 Å². The predicted molar refractivity (Wildman–Crippen MR) is 64.0 cm³/mol. The Balaban J connectivity index is 3.64. The molecule has 0 atom stereocenters. The maximum Gasteiger partial charge on any atom is 0.310 e. The second kappa shape index (κ2) is 9.60. The first-order chi connectivity index (χ1) is 8.15. The number of nitriles is 1. The van der Waals surface area contributed by atoms with E-state index in [1.54, 1.807) is 6.07 Å². The summed E-state index contributed by atoms with van der Waals surface area (Å²) in [5.74, 6) is -1.44. The standard InChI is InChI=1S/C11H20N4O2/c1-3-15(4-2)9-5-7-13-10(16)11(17)14-8-6-12/h3-5,7-9H2,1-2H3,(H,13,16)(H,14,17). The highest BCUT2D eigenvalue weighted by Crippen LogP contribution is 1.89. The van der Waals surface area contributed by atoms with Crippen LogP contribution in [-0.2, 0) is 9.59 Å². The first-order valence-corrected chi connectivity index (χ1v) is 5.81. The molecule has 17 heavy (non-hydrogen) atoms. The van der Waals surface area contributed by atoms with Gasteiger partial charge in [-0.15, -0.1) is 0 Å². The molecule has 0 unspecified atom stereocenters. The lowest BCUT2D eigenvalue weighted by molar-refractivity contribution is -0.139. The highest BCUT2D eigenvalue weighted by molar-refractivity contribution is 6.35. The fourth-order valence-corrected chi connectivity index (χ4v) is 1.32. The minimum Gasteiger partial charge on any atom is -0.348 e. The van der Waals surface area contributed by atoms with Crippen LogP contribution in [0.1, 0.15) is 20.3 Å². The van der Waals surface area contributed by atoms with Crippen molar-refractivity contribution in [3.05, 3.63) is 0 Å². The van der Waals surface area contributed by atoms with Gasteiger partial charge in [-0.25, -0.2) is 0 Å². The summed E-state index contributed by atoms with van der Waals surface area (Å²) in [5, 5.41) is 12.9. The van der Waals surface area contributed by atoms with Crippen molar-refractivity contribution in [2.24, 2.45) is 0 Å². The van der Waals surface area contributed by atoms with Crippen molar-refractivity contribution >= 4 is 11.8 Å². The highest BCUT2D eigenvalue weighted by atomic mass is 16.2. The largest absolute Gasteiger partial charge is 0.348 e. The Morgan fingerprint density at radius 1 is 1.18 bits per heavy atom. The maximum absolute atomic E-state index is 11.2. The molecule has 6 nitrogen and oxygen atoms in total. The average molecular weight is 240 g/mol. The maximum atomic E-state index is 11.2. The number of amides is 2. The lowest BCUT2D eigenvalue weighted by Gasteiger charge is -2.17. The molecule has 2 amide bonds. The number of nitrogens with one attached hydrogen (secondary N) is 2. The third kappa shape index (κ3) is 7.30. The van der Waals surface area contributed by atoms with E-state index in [2.05, 4.69) is 29.4 Å². The van der Waals surface area contributed by atoms with E-state index in [4.69, 9.17) is 5.26 Å². The molecule has 0 fully saturated rings. The molecule has 0 aromatic heterocycles. The lowest BCUT2D eigenvalue weighted by atomic mass is 10.3. The number of hydrogen-bond donors (Lipinski definition) is 2. The minimum atomic E-state index is -0.755. The zero-order chi connectivity index (χ0) is 13.1. The molecule has 0 saturated carbocycles. The van der Waals surface area contributed by atoms with Gasteiger partial charge in [-0.05, 0) is 26.1 Å². The van der Waals surface area contributed by atoms with Crippen LogP contribution in [0.2, 0.25) is 0 Å². The van der Waals surface area contributed by atoms with Crippen molar-refractivity contribution in [1.82, 2.24) is 15.5 Å². The van der Waals surface area contributed by atoms with Crippen molar-refractivity contribution in [3.8, 4) is 6.07 Å². The summed E-state index contributed by atoms with van der Waals surface area (Å²) in [5.41, 5.74) is 0. The molecule has 0 aliphatic carbocycles. The molecule has 0 spiro atoms. The Kier molecular flexibility index (Phi) is 8.69. The molecule has 0 bridgehead atoms. The van der Waals surface area contributed by atoms with Crippen LogP contribution in [0.15, 0.2) is 0 Å². The second-order valence-corrected chi connectivity index (χ2v) is 3.48. The first-order valence-electron chi connectivity index (χ1n) is 5.81. The Morgan fingerprint density at radius 3 is 2.29 bits per heavy atom. The molecule has 0 saturated heterocycles. The van der Waals surface area contributed by atoms with Crippen molar-refractivity contribution in [2.75, 3.05) is 32.7 Å². The summed E-state index contributed by atoms with van der Waals surface area (Å²) < 4.78 is 0. The molecular weight excluding hydrogens is 220 g/mol. The fraction of sp³-hybridized carbons (Fsp3) is 0.727. The van der Waals surface area contributed by atoms with Crippen molar-refractivity contribution < 1.29 is 9.59 Å². The summed E-state index contributed by atoms with van der Waals surface area (Å²) in [7, 11) is 0. The third-order valence-electron chi connectivity index (χ3n) is 2.37. The van der Waals surface area contributed by atoms with E-state index in [9.17, 15) is 9.59 Å². The van der Waals surface area contributed by atoms with E-state index in [1.165, 1.54) is 0 Å². The Bertz CT molecular complexity index is 282. The zero-order valence-corrected chi connectivity index (χ0v) is 10.5. The van der Waals surface area contributed by atoms with E-state index >= 15 is 0 Å². The Morgan fingerprint density at radius 2 is 1.76 bits per heavy atom. The van der Waals surface area contributed by atoms with Gasteiger partial charge in [-0.1, -0.05) is 13.8 Å². The van der Waals surface area contributed by atoms with Gasteiger partial charge in [0.25, 0.3) is 0 Å². The van der Waals surface area contributed by atoms with Gasteiger partial charge in [0, 0.05) is 6.54 Å². The summed E-state index contributed by atoms with van der Waals surface area (Å²) in [4.78, 5) is 24.5. The smallest absolute Gasteiger partial charge is 0.310 e. The molecule has 6 heteroatoms. The van der Waals surface area contributed by atoms with Gasteiger partial charge >= 0.3 is 11.8 Å². The molecule has 0 heterocycles. The molecule has 0 aliphatic rings. The zero-order valence-electron chi connectivity index (χ0n) is 10.5. The van der Waals surface area contributed by atoms with Crippen LogP contribution in [0.4, 0.5) is 0 Å². The quantitative estimate of drug-likeness (QED) is 0.356. The van der Waals surface area contributed by atoms with Gasteiger partial charge in [0.05, 0.1) is 6.07 Å². The topological polar surface area (TPSA) is 85.2 Å². The molecule has 96 valence electrons. The summed E-state index contributed by atoms with van der Waals surface area (Å²) in [6.45, 7) is 7.34. The van der Waals surface area contributed by atoms with Gasteiger partial charge in [0.15, 0.2) is 0 Å². The molecule has 0 aromatic rings. The third-order valence-corrected chi connectivity index (χ3v) is 2.37. The number of rotatable bonds is 7. The SMILES string of the molecule is CCN(CC)CCCNC(=O)C(=O)NCC#N. The molecule has 2 N–H and O–H groups in total. The van der Waals surface area contributed by atoms with Crippen LogP contribution in [0.5, 0.6) is 0 Å². The minimum absolute atomic E-state index is 0.147. The van der Waals surface area contributed by atoms with E-state index in [1.807, 2.05) is 0 Å². The van der Waals surface area contributed by atoms with Crippen molar-refractivity contribution in [1.29, 1.82) is 5.26 Å².